The molecule has 5 heteroatoms. The molecule has 3 nitrogen and oxygen atoms in total. The standard InChI is InChI=1S/C10H14ClNO2S/c11-8-1-2-10(12)7(3-8)5-15-6-9(14)4-13/h1-3,9,13-14H,4-6,12H2. The molecule has 0 aromatic heterocycles. The van der Waals surface area contributed by atoms with Crippen LogP contribution in [0.1, 0.15) is 5.56 Å². The number of nitrogens with two attached hydrogens (primary N) is 1. The van der Waals surface area contributed by atoms with Crippen molar-refractivity contribution >= 4 is 29.1 Å². The van der Waals surface area contributed by atoms with Crippen LogP contribution in [0.5, 0.6) is 0 Å². The minimum Gasteiger partial charge on any atom is -0.398 e. The van der Waals surface area contributed by atoms with E-state index in [0.29, 0.717) is 22.2 Å². The van der Waals surface area contributed by atoms with Crippen molar-refractivity contribution in [2.45, 2.75) is 11.9 Å². The largest absolute Gasteiger partial charge is 0.398 e. The third kappa shape index (κ3) is 4.30. The maximum Gasteiger partial charge on any atom is 0.0861 e. The van der Waals surface area contributed by atoms with Crippen molar-refractivity contribution in [3.63, 3.8) is 0 Å². The molecule has 4 N–H and O–H groups in total. The maximum atomic E-state index is 9.13. The Morgan fingerprint density at radius 1 is 1.47 bits per heavy atom. The summed E-state index contributed by atoms with van der Waals surface area (Å²) in [6, 6.07) is 5.32. The number of benzene rings is 1. The number of thioether (sulfide) groups is 1. The van der Waals surface area contributed by atoms with Gasteiger partial charge >= 0.3 is 0 Å². The molecule has 1 rings (SSSR count). The van der Waals surface area contributed by atoms with Crippen LogP contribution in [0.15, 0.2) is 18.2 Å². The van der Waals surface area contributed by atoms with Crippen molar-refractivity contribution in [1.29, 1.82) is 0 Å². The van der Waals surface area contributed by atoms with Gasteiger partial charge in [0.15, 0.2) is 0 Å². The van der Waals surface area contributed by atoms with Crippen LogP contribution in [-0.2, 0) is 5.75 Å². The predicted molar refractivity (Wildman–Crippen MR) is 65.1 cm³/mol. The second kappa shape index (κ2) is 6.23. The molecular formula is C10H14ClNO2S. The Morgan fingerprint density at radius 3 is 2.87 bits per heavy atom. The first kappa shape index (κ1) is 12.6. The average Bonchev–Trinajstić information content (AvgIpc) is 2.23. The van der Waals surface area contributed by atoms with Gasteiger partial charge in [-0.3, -0.25) is 0 Å². The Morgan fingerprint density at radius 2 is 2.20 bits per heavy atom. The molecule has 1 atom stereocenters. The van der Waals surface area contributed by atoms with E-state index in [0.717, 1.165) is 5.56 Å². The van der Waals surface area contributed by atoms with Crippen LogP contribution in [0.2, 0.25) is 5.02 Å². The summed E-state index contributed by atoms with van der Waals surface area (Å²) in [6.45, 7) is -0.210. The Balaban J connectivity index is 2.46. The van der Waals surface area contributed by atoms with Crippen LogP contribution in [0, 0.1) is 0 Å². The van der Waals surface area contributed by atoms with Gasteiger partial charge in [-0.25, -0.2) is 0 Å². The van der Waals surface area contributed by atoms with E-state index in [4.69, 9.17) is 27.5 Å². The Bertz CT molecular complexity index is 322. The zero-order valence-electron chi connectivity index (χ0n) is 8.19. The van der Waals surface area contributed by atoms with Gasteiger partial charge in [-0.1, -0.05) is 11.6 Å². The Kier molecular flexibility index (Phi) is 5.25. The van der Waals surface area contributed by atoms with E-state index in [-0.39, 0.29) is 6.61 Å². The van der Waals surface area contributed by atoms with Crippen LogP contribution in [0.25, 0.3) is 0 Å². The smallest absolute Gasteiger partial charge is 0.0861 e. The van der Waals surface area contributed by atoms with Crippen molar-refractivity contribution in [1.82, 2.24) is 0 Å². The highest BCUT2D eigenvalue weighted by atomic mass is 35.5. The molecule has 15 heavy (non-hydrogen) atoms. The fourth-order valence-corrected chi connectivity index (χ4v) is 2.22. The van der Waals surface area contributed by atoms with Crippen molar-refractivity contribution in [2.24, 2.45) is 0 Å². The second-order valence-corrected chi connectivity index (χ2v) is 4.66. The van der Waals surface area contributed by atoms with Crippen molar-refractivity contribution < 1.29 is 10.2 Å². The van der Waals surface area contributed by atoms with E-state index in [1.165, 1.54) is 11.8 Å². The van der Waals surface area contributed by atoms with Crippen LogP contribution >= 0.6 is 23.4 Å². The molecule has 0 aliphatic carbocycles. The Hall–Kier alpha value is -0.420. The molecule has 1 aromatic carbocycles. The van der Waals surface area contributed by atoms with Gasteiger partial charge in [-0.2, -0.15) is 11.8 Å². The molecule has 0 saturated carbocycles. The number of rotatable bonds is 5. The lowest BCUT2D eigenvalue weighted by Crippen LogP contribution is -2.14. The van der Waals surface area contributed by atoms with Gasteiger partial charge in [0.2, 0.25) is 0 Å². The molecule has 0 radical (unpaired) electrons. The molecule has 0 spiro atoms. The van der Waals surface area contributed by atoms with E-state index in [9.17, 15) is 0 Å². The molecule has 0 amide bonds. The zero-order valence-corrected chi connectivity index (χ0v) is 9.76. The van der Waals surface area contributed by atoms with Crippen molar-refractivity contribution in [3.05, 3.63) is 28.8 Å². The van der Waals surface area contributed by atoms with E-state index in [2.05, 4.69) is 0 Å². The molecule has 0 saturated heterocycles. The van der Waals surface area contributed by atoms with E-state index in [1.807, 2.05) is 6.07 Å². The summed E-state index contributed by atoms with van der Waals surface area (Å²) in [4.78, 5) is 0. The molecule has 0 aliphatic rings. The van der Waals surface area contributed by atoms with Gasteiger partial charge in [0.25, 0.3) is 0 Å². The number of aliphatic hydroxyl groups excluding tert-OH is 2. The van der Waals surface area contributed by atoms with Gasteiger partial charge in [0.1, 0.15) is 0 Å². The number of nitrogen functional groups attached to an aromatic ring is 1. The summed E-state index contributed by atoms with van der Waals surface area (Å²) < 4.78 is 0. The summed E-state index contributed by atoms with van der Waals surface area (Å²) >= 11 is 7.34. The van der Waals surface area contributed by atoms with Crippen LogP contribution in [0.3, 0.4) is 0 Å². The minimum absolute atomic E-state index is 0.210. The van der Waals surface area contributed by atoms with Crippen molar-refractivity contribution in [2.75, 3.05) is 18.1 Å². The van der Waals surface area contributed by atoms with Gasteiger partial charge in [0, 0.05) is 22.2 Å². The lowest BCUT2D eigenvalue weighted by molar-refractivity contribution is 0.113. The lowest BCUT2D eigenvalue weighted by atomic mass is 10.2. The first-order valence-electron chi connectivity index (χ1n) is 4.54. The average molecular weight is 248 g/mol. The van der Waals surface area contributed by atoms with Gasteiger partial charge in [-0.05, 0) is 23.8 Å². The van der Waals surface area contributed by atoms with Crippen LogP contribution < -0.4 is 5.73 Å². The molecule has 0 bridgehead atoms. The fraction of sp³-hybridized carbons (Fsp3) is 0.400. The van der Waals surface area contributed by atoms with E-state index >= 15 is 0 Å². The second-order valence-electron chi connectivity index (χ2n) is 3.19. The summed E-state index contributed by atoms with van der Waals surface area (Å²) in [5.74, 6) is 1.17. The first-order valence-corrected chi connectivity index (χ1v) is 6.07. The first-order chi connectivity index (χ1) is 7.13. The van der Waals surface area contributed by atoms with Gasteiger partial charge in [0.05, 0.1) is 12.7 Å². The number of hydrogen-bond acceptors (Lipinski definition) is 4. The Labute approximate surface area is 98.2 Å². The predicted octanol–water partition coefficient (Wildman–Crippen LogP) is 1.51. The fourth-order valence-electron chi connectivity index (χ4n) is 1.06. The zero-order chi connectivity index (χ0) is 11.3. The third-order valence-corrected chi connectivity index (χ3v) is 3.25. The molecule has 0 aliphatic heterocycles. The molecular weight excluding hydrogens is 234 g/mol. The van der Waals surface area contributed by atoms with Gasteiger partial charge < -0.3 is 15.9 Å². The highest BCUT2D eigenvalue weighted by Gasteiger charge is 2.04. The summed E-state index contributed by atoms with van der Waals surface area (Å²) in [5, 5.41) is 18.4. The van der Waals surface area contributed by atoms with Crippen LogP contribution in [0.4, 0.5) is 5.69 Å². The van der Waals surface area contributed by atoms with Crippen LogP contribution in [-0.4, -0.2) is 28.7 Å². The third-order valence-electron chi connectivity index (χ3n) is 1.88. The van der Waals surface area contributed by atoms with Gasteiger partial charge in [-0.15, -0.1) is 0 Å². The van der Waals surface area contributed by atoms with E-state index < -0.39 is 6.10 Å². The molecule has 0 heterocycles. The quantitative estimate of drug-likeness (QED) is 0.690. The van der Waals surface area contributed by atoms with E-state index in [1.54, 1.807) is 12.1 Å². The topological polar surface area (TPSA) is 66.5 Å². The molecule has 84 valence electrons. The monoisotopic (exact) mass is 247 g/mol. The molecule has 0 fully saturated rings. The number of anilines is 1. The summed E-state index contributed by atoms with van der Waals surface area (Å²) in [6.07, 6.45) is -0.671. The number of hydrogen-bond donors (Lipinski definition) is 3. The summed E-state index contributed by atoms with van der Waals surface area (Å²) in [5.41, 5.74) is 7.41. The molecule has 1 unspecified atom stereocenters. The summed E-state index contributed by atoms with van der Waals surface area (Å²) in [7, 11) is 0. The molecule has 1 aromatic rings. The normalized spacial score (nSPS) is 12.7. The highest BCUT2D eigenvalue weighted by molar-refractivity contribution is 7.98. The minimum atomic E-state index is -0.671. The SMILES string of the molecule is Nc1ccc(Cl)cc1CSCC(O)CO. The lowest BCUT2D eigenvalue weighted by Gasteiger charge is -2.08. The number of halogens is 1. The number of aliphatic hydroxyl groups is 2. The highest BCUT2D eigenvalue weighted by Crippen LogP contribution is 2.22. The maximum absolute atomic E-state index is 9.13. The van der Waals surface area contributed by atoms with Crippen molar-refractivity contribution in [3.8, 4) is 0 Å².